The molecule has 2 atom stereocenters. The van der Waals surface area contributed by atoms with E-state index in [0.717, 1.165) is 22.3 Å². The third kappa shape index (κ3) is 6.74. The highest BCUT2D eigenvalue weighted by Gasteiger charge is 2.50. The first-order chi connectivity index (χ1) is 22.4. The van der Waals surface area contributed by atoms with Crippen molar-refractivity contribution in [2.24, 2.45) is 0 Å². The Morgan fingerprint density at radius 1 is 0.826 bits per heavy atom. The van der Waals surface area contributed by atoms with Gasteiger partial charge in [0.15, 0.2) is 0 Å². The maximum absolute atomic E-state index is 14.3. The van der Waals surface area contributed by atoms with Crippen molar-refractivity contribution in [1.82, 2.24) is 25.1 Å². The van der Waals surface area contributed by atoms with Gasteiger partial charge in [-0.05, 0) is 40.8 Å². The Kier molecular flexibility index (Phi) is 9.30. The first-order valence-electron chi connectivity index (χ1n) is 15.7. The second-order valence-electron chi connectivity index (χ2n) is 11.9. The summed E-state index contributed by atoms with van der Waals surface area (Å²) in [6.45, 7) is 0.940. The standard InChI is InChI=1S/C37H39N5O4/c1-39-26-35(44)41-33(23-27-17-19-31(43)20-18-27)36(45)40(25-34(41)42(39)37(46)38-24-28-11-5-2-6-12-28)22-21-32(29-13-7-3-8-14-29)30-15-9-4-10-16-30/h2-20,32-34,43H,21-26H2,1H3,(H,38,46)/t33-,34?/m0/s1. The normalized spacial score (nSPS) is 18.5. The first kappa shape index (κ1) is 30.9. The summed E-state index contributed by atoms with van der Waals surface area (Å²) in [5.74, 6) is -0.165. The second kappa shape index (κ2) is 13.9. The van der Waals surface area contributed by atoms with E-state index in [4.69, 9.17) is 0 Å². The van der Waals surface area contributed by atoms with E-state index in [1.165, 1.54) is 0 Å². The van der Waals surface area contributed by atoms with Crippen LogP contribution in [-0.4, -0.2) is 81.7 Å². The van der Waals surface area contributed by atoms with Crippen molar-refractivity contribution in [1.29, 1.82) is 0 Å². The van der Waals surface area contributed by atoms with Gasteiger partial charge < -0.3 is 20.2 Å². The van der Waals surface area contributed by atoms with E-state index in [1.807, 2.05) is 71.6 Å². The van der Waals surface area contributed by atoms with Gasteiger partial charge in [0.2, 0.25) is 11.8 Å². The van der Waals surface area contributed by atoms with Crippen LogP contribution < -0.4 is 5.32 Å². The maximum Gasteiger partial charge on any atom is 0.334 e. The summed E-state index contributed by atoms with van der Waals surface area (Å²) in [7, 11) is 1.73. The molecule has 0 aromatic heterocycles. The number of rotatable bonds is 9. The number of fused-ring (bicyclic) bond motifs is 1. The fraction of sp³-hybridized carbons (Fsp3) is 0.270. The highest BCUT2D eigenvalue weighted by atomic mass is 16.3. The largest absolute Gasteiger partial charge is 0.508 e. The number of carbonyl (C=O) groups is 3. The predicted molar refractivity (Wildman–Crippen MR) is 175 cm³/mol. The number of phenols is 1. The highest BCUT2D eigenvalue weighted by Crippen LogP contribution is 2.32. The molecule has 0 spiro atoms. The molecule has 2 heterocycles. The molecular weight excluding hydrogens is 578 g/mol. The minimum Gasteiger partial charge on any atom is -0.508 e. The van der Waals surface area contributed by atoms with E-state index >= 15 is 0 Å². The van der Waals surface area contributed by atoms with Crippen LogP contribution in [0.4, 0.5) is 4.79 Å². The Hall–Kier alpha value is -5.15. The van der Waals surface area contributed by atoms with Gasteiger partial charge in [0.05, 0.1) is 13.1 Å². The first-order valence-corrected chi connectivity index (χ1v) is 15.7. The van der Waals surface area contributed by atoms with Gasteiger partial charge in [-0.15, -0.1) is 0 Å². The number of likely N-dealkylation sites (N-methyl/N-ethyl adjacent to an activating group) is 1. The highest BCUT2D eigenvalue weighted by molar-refractivity contribution is 5.91. The van der Waals surface area contributed by atoms with Gasteiger partial charge >= 0.3 is 6.03 Å². The molecule has 0 aliphatic carbocycles. The van der Waals surface area contributed by atoms with Crippen LogP contribution in [0.2, 0.25) is 0 Å². The summed E-state index contributed by atoms with van der Waals surface area (Å²) in [5, 5.41) is 16.1. The average molecular weight is 618 g/mol. The van der Waals surface area contributed by atoms with Crippen molar-refractivity contribution >= 4 is 17.8 Å². The molecule has 4 aromatic carbocycles. The summed E-state index contributed by atoms with van der Waals surface area (Å²) >= 11 is 0. The van der Waals surface area contributed by atoms with Crippen molar-refractivity contribution < 1.29 is 19.5 Å². The molecule has 2 aliphatic rings. The van der Waals surface area contributed by atoms with Crippen LogP contribution in [0.1, 0.15) is 34.6 Å². The van der Waals surface area contributed by atoms with Crippen LogP contribution in [0.5, 0.6) is 5.75 Å². The van der Waals surface area contributed by atoms with Crippen LogP contribution in [-0.2, 0) is 22.6 Å². The zero-order valence-electron chi connectivity index (χ0n) is 25.9. The number of nitrogens with one attached hydrogen (secondary N) is 1. The minimum atomic E-state index is -0.805. The van der Waals surface area contributed by atoms with Crippen molar-refractivity contribution in [2.45, 2.75) is 37.5 Å². The molecule has 0 bridgehead atoms. The summed E-state index contributed by atoms with van der Waals surface area (Å²) in [6.07, 6.45) is 0.248. The van der Waals surface area contributed by atoms with Gasteiger partial charge in [-0.3, -0.25) is 9.59 Å². The van der Waals surface area contributed by atoms with Gasteiger partial charge in [0.1, 0.15) is 18.0 Å². The van der Waals surface area contributed by atoms with Gasteiger partial charge in [0.25, 0.3) is 0 Å². The molecule has 6 rings (SSSR count). The number of urea groups is 1. The molecule has 0 saturated carbocycles. The quantitative estimate of drug-likeness (QED) is 0.287. The third-order valence-electron chi connectivity index (χ3n) is 8.89. The summed E-state index contributed by atoms with van der Waals surface area (Å²) in [6, 6.07) is 35.7. The smallest absolute Gasteiger partial charge is 0.334 e. The lowest BCUT2D eigenvalue weighted by atomic mass is 9.88. The van der Waals surface area contributed by atoms with Crippen molar-refractivity contribution in [3.8, 4) is 5.75 Å². The number of carbonyl (C=O) groups excluding carboxylic acids is 3. The van der Waals surface area contributed by atoms with Gasteiger partial charge in [-0.25, -0.2) is 14.8 Å². The van der Waals surface area contributed by atoms with E-state index < -0.39 is 12.2 Å². The number of aromatic hydroxyl groups is 1. The number of nitrogens with zero attached hydrogens (tertiary/aromatic N) is 4. The van der Waals surface area contributed by atoms with Crippen LogP contribution in [0.3, 0.4) is 0 Å². The molecule has 4 amide bonds. The number of piperazine rings is 1. The molecule has 9 heteroatoms. The van der Waals surface area contributed by atoms with E-state index in [2.05, 4.69) is 29.6 Å². The topological polar surface area (TPSA) is 96.4 Å². The molecule has 1 unspecified atom stereocenters. The Balaban J connectivity index is 1.30. The van der Waals surface area contributed by atoms with Crippen LogP contribution in [0, 0.1) is 0 Å². The van der Waals surface area contributed by atoms with Crippen LogP contribution in [0.25, 0.3) is 0 Å². The zero-order valence-corrected chi connectivity index (χ0v) is 25.9. The third-order valence-corrected chi connectivity index (χ3v) is 8.89. The van der Waals surface area contributed by atoms with E-state index in [9.17, 15) is 19.5 Å². The van der Waals surface area contributed by atoms with E-state index in [-0.39, 0.29) is 49.0 Å². The number of hydrazine groups is 1. The summed E-state index contributed by atoms with van der Waals surface area (Å²) in [4.78, 5) is 45.1. The minimum absolute atomic E-state index is 0.0291. The molecule has 4 aromatic rings. The molecule has 9 nitrogen and oxygen atoms in total. The Morgan fingerprint density at radius 3 is 2.02 bits per heavy atom. The molecule has 46 heavy (non-hydrogen) atoms. The lowest BCUT2D eigenvalue weighted by Crippen LogP contribution is -2.76. The molecule has 2 fully saturated rings. The molecule has 0 radical (unpaired) electrons. The van der Waals surface area contributed by atoms with Gasteiger partial charge in [-0.2, -0.15) is 0 Å². The molecule has 2 N–H and O–H groups in total. The van der Waals surface area contributed by atoms with Gasteiger partial charge in [-0.1, -0.05) is 103 Å². The molecule has 2 saturated heterocycles. The predicted octanol–water partition coefficient (Wildman–Crippen LogP) is 4.59. The Labute approximate surface area is 269 Å². The number of hydrogen-bond acceptors (Lipinski definition) is 5. The summed E-state index contributed by atoms with van der Waals surface area (Å²) < 4.78 is 0. The number of phenolic OH excluding ortho intramolecular Hbond substituents is 1. The number of amides is 4. The fourth-order valence-corrected chi connectivity index (χ4v) is 6.60. The average Bonchev–Trinajstić information content (AvgIpc) is 3.08. The lowest BCUT2D eigenvalue weighted by Gasteiger charge is -2.54. The van der Waals surface area contributed by atoms with Crippen molar-refractivity contribution in [3.05, 3.63) is 138 Å². The molecular formula is C37H39N5O4. The number of benzene rings is 4. The lowest BCUT2D eigenvalue weighted by molar-refractivity contribution is -0.187. The Morgan fingerprint density at radius 2 is 1.41 bits per heavy atom. The maximum atomic E-state index is 14.3. The number of hydrogen-bond donors (Lipinski definition) is 2. The SMILES string of the molecule is CN1CC(=O)N2C(CN(CCC(c3ccccc3)c3ccccc3)C(=O)[C@@H]2Cc2ccc(O)cc2)N1C(=O)NCc1ccccc1. The summed E-state index contributed by atoms with van der Waals surface area (Å²) in [5.41, 5.74) is 4.10. The molecule has 236 valence electrons. The van der Waals surface area contributed by atoms with Crippen molar-refractivity contribution in [3.63, 3.8) is 0 Å². The van der Waals surface area contributed by atoms with Crippen LogP contribution in [0.15, 0.2) is 115 Å². The van der Waals surface area contributed by atoms with Gasteiger partial charge in [0, 0.05) is 32.5 Å². The monoisotopic (exact) mass is 617 g/mol. The van der Waals surface area contributed by atoms with E-state index in [0.29, 0.717) is 19.5 Å². The molecule has 2 aliphatic heterocycles. The second-order valence-corrected chi connectivity index (χ2v) is 11.9. The Bertz CT molecular complexity index is 1600. The van der Waals surface area contributed by atoms with E-state index in [1.54, 1.807) is 46.2 Å². The fourth-order valence-electron chi connectivity index (χ4n) is 6.60. The van der Waals surface area contributed by atoms with Crippen LogP contribution >= 0.6 is 0 Å². The zero-order chi connectivity index (χ0) is 32.0. The van der Waals surface area contributed by atoms with Crippen molar-refractivity contribution in [2.75, 3.05) is 26.7 Å².